The van der Waals surface area contributed by atoms with Gasteiger partial charge in [-0.2, -0.15) is 0 Å². The van der Waals surface area contributed by atoms with E-state index >= 15 is 0 Å². The second-order valence-corrected chi connectivity index (χ2v) is 8.05. The normalized spacial score (nSPS) is 10.6. The maximum absolute atomic E-state index is 11.3. The number of aryl methyl sites for hydroxylation is 1. The first-order valence-electron chi connectivity index (χ1n) is 9.72. The Morgan fingerprint density at radius 1 is 0.967 bits per heavy atom. The Balaban J connectivity index is 1.59. The van der Waals surface area contributed by atoms with Crippen LogP contribution in [-0.4, -0.2) is 10.9 Å². The number of ether oxygens (including phenoxy) is 1. The third kappa shape index (κ3) is 4.58. The van der Waals surface area contributed by atoms with Crippen molar-refractivity contribution >= 4 is 22.9 Å². The number of rotatable bonds is 6. The van der Waals surface area contributed by atoms with Gasteiger partial charge >= 0.3 is 0 Å². The average Bonchev–Trinajstić information content (AvgIpc) is 3.19. The molecule has 0 aliphatic rings. The molecule has 0 saturated carbocycles. The second kappa shape index (κ2) is 8.93. The number of thiazole rings is 1. The number of carbonyl (C=O) groups is 1. The molecule has 1 N–H and O–H groups in total. The fourth-order valence-electron chi connectivity index (χ4n) is 3.20. The Morgan fingerprint density at radius 3 is 2.27 bits per heavy atom. The van der Waals surface area contributed by atoms with Crippen LogP contribution in [0.1, 0.15) is 17.5 Å². The molecule has 0 radical (unpaired) electrons. The molecular formula is C25H22N2O2S. The second-order valence-electron chi connectivity index (χ2n) is 6.96. The number of hydrogen-bond acceptors (Lipinski definition) is 4. The molecule has 0 aliphatic heterocycles. The summed E-state index contributed by atoms with van der Waals surface area (Å²) in [5.41, 5.74) is 4.96. The Bertz CT molecular complexity index is 1100. The lowest BCUT2D eigenvalue weighted by Gasteiger charge is -2.09. The van der Waals surface area contributed by atoms with Gasteiger partial charge < -0.3 is 10.1 Å². The number of aromatic nitrogens is 1. The van der Waals surface area contributed by atoms with Crippen LogP contribution in [0.15, 0.2) is 78.9 Å². The summed E-state index contributed by atoms with van der Waals surface area (Å²) in [5.74, 6) is 0.663. The van der Waals surface area contributed by atoms with Crippen LogP contribution in [0, 0.1) is 6.92 Å². The molecule has 1 amide bonds. The lowest BCUT2D eigenvalue weighted by Crippen LogP contribution is -2.07. The van der Waals surface area contributed by atoms with E-state index in [1.54, 1.807) is 11.3 Å². The molecule has 0 saturated heterocycles. The van der Waals surface area contributed by atoms with Crippen LogP contribution in [0.5, 0.6) is 5.75 Å². The minimum Gasteiger partial charge on any atom is -0.486 e. The van der Waals surface area contributed by atoms with E-state index in [0.29, 0.717) is 6.61 Å². The first-order chi connectivity index (χ1) is 14.6. The first-order valence-corrected chi connectivity index (χ1v) is 10.5. The molecule has 4 aromatic rings. The van der Waals surface area contributed by atoms with Gasteiger partial charge in [0.05, 0.1) is 10.6 Å². The van der Waals surface area contributed by atoms with E-state index in [4.69, 9.17) is 9.72 Å². The van der Waals surface area contributed by atoms with Crippen molar-refractivity contribution in [2.75, 3.05) is 5.32 Å². The maximum atomic E-state index is 11.3. The number of nitrogens with one attached hydrogen (secondary N) is 1. The molecule has 3 aromatic carbocycles. The van der Waals surface area contributed by atoms with Gasteiger partial charge in [-0.25, -0.2) is 4.98 Å². The topological polar surface area (TPSA) is 51.2 Å². The third-order valence-electron chi connectivity index (χ3n) is 4.63. The summed E-state index contributed by atoms with van der Waals surface area (Å²) in [6, 6.07) is 26.2. The van der Waals surface area contributed by atoms with Crippen molar-refractivity contribution in [3.63, 3.8) is 0 Å². The zero-order valence-electron chi connectivity index (χ0n) is 16.9. The van der Waals surface area contributed by atoms with Gasteiger partial charge in [-0.15, -0.1) is 11.3 Å². The van der Waals surface area contributed by atoms with Crippen LogP contribution in [-0.2, 0) is 11.4 Å². The van der Waals surface area contributed by atoms with Gasteiger partial charge in [0.2, 0.25) is 5.91 Å². The highest BCUT2D eigenvalue weighted by Crippen LogP contribution is 2.37. The molecule has 1 heterocycles. The van der Waals surface area contributed by atoms with E-state index in [1.165, 1.54) is 6.92 Å². The fraction of sp³-hybridized carbons (Fsp3) is 0.120. The standard InChI is InChI=1S/C25H22N2O2S/c1-17-15-21(13-14-22(17)26-18(2)28)29-16-23-27-24(19-9-5-3-6-10-19)25(30-23)20-11-7-4-8-12-20/h3-15H,16H2,1-2H3,(H,26,28). The zero-order valence-corrected chi connectivity index (χ0v) is 17.7. The predicted octanol–water partition coefficient (Wildman–Crippen LogP) is 6.32. The molecule has 0 bridgehead atoms. The van der Waals surface area contributed by atoms with Crippen molar-refractivity contribution in [2.45, 2.75) is 20.5 Å². The SMILES string of the molecule is CC(=O)Nc1ccc(OCc2nc(-c3ccccc3)c(-c3ccccc3)s2)cc1C. The Labute approximate surface area is 180 Å². The van der Waals surface area contributed by atoms with Gasteiger partial charge in [0.15, 0.2) is 0 Å². The van der Waals surface area contributed by atoms with Crippen molar-refractivity contribution in [2.24, 2.45) is 0 Å². The van der Waals surface area contributed by atoms with Gasteiger partial charge in [-0.05, 0) is 36.2 Å². The van der Waals surface area contributed by atoms with Gasteiger partial charge in [0.1, 0.15) is 17.4 Å². The molecule has 4 rings (SSSR count). The minimum atomic E-state index is -0.0866. The molecule has 30 heavy (non-hydrogen) atoms. The van der Waals surface area contributed by atoms with Crippen molar-refractivity contribution in [3.05, 3.63) is 89.4 Å². The number of benzene rings is 3. The zero-order chi connectivity index (χ0) is 20.9. The van der Waals surface area contributed by atoms with Gasteiger partial charge in [-0.3, -0.25) is 4.79 Å². The van der Waals surface area contributed by atoms with Gasteiger partial charge in [0, 0.05) is 18.2 Å². The smallest absolute Gasteiger partial charge is 0.221 e. The monoisotopic (exact) mass is 414 g/mol. The predicted molar refractivity (Wildman–Crippen MR) is 123 cm³/mol. The Morgan fingerprint density at radius 2 is 1.63 bits per heavy atom. The summed E-state index contributed by atoms with van der Waals surface area (Å²) in [6.07, 6.45) is 0. The summed E-state index contributed by atoms with van der Waals surface area (Å²) < 4.78 is 6.01. The van der Waals surface area contributed by atoms with E-state index in [-0.39, 0.29) is 5.91 Å². The third-order valence-corrected chi connectivity index (χ3v) is 5.70. The van der Waals surface area contributed by atoms with Crippen LogP contribution in [0.25, 0.3) is 21.7 Å². The molecular weight excluding hydrogens is 392 g/mol. The molecule has 1 aromatic heterocycles. The first kappa shape index (κ1) is 19.9. The highest BCUT2D eigenvalue weighted by molar-refractivity contribution is 7.15. The van der Waals surface area contributed by atoms with E-state index in [2.05, 4.69) is 29.6 Å². The van der Waals surface area contributed by atoms with E-state index in [9.17, 15) is 4.79 Å². The Kier molecular flexibility index (Phi) is 5.91. The van der Waals surface area contributed by atoms with E-state index in [1.807, 2.05) is 61.5 Å². The highest BCUT2D eigenvalue weighted by atomic mass is 32.1. The Hall–Kier alpha value is -3.44. The molecule has 0 aliphatic carbocycles. The average molecular weight is 415 g/mol. The number of anilines is 1. The van der Waals surface area contributed by atoms with Crippen molar-refractivity contribution < 1.29 is 9.53 Å². The van der Waals surface area contributed by atoms with Crippen LogP contribution >= 0.6 is 11.3 Å². The van der Waals surface area contributed by atoms with E-state index < -0.39 is 0 Å². The largest absolute Gasteiger partial charge is 0.486 e. The number of amides is 1. The summed E-state index contributed by atoms with van der Waals surface area (Å²) in [5, 5.41) is 3.73. The lowest BCUT2D eigenvalue weighted by atomic mass is 10.1. The van der Waals surface area contributed by atoms with Crippen molar-refractivity contribution in [1.29, 1.82) is 0 Å². The number of hydrogen-bond donors (Lipinski definition) is 1. The highest BCUT2D eigenvalue weighted by Gasteiger charge is 2.15. The molecule has 0 atom stereocenters. The van der Waals surface area contributed by atoms with Crippen LogP contribution in [0.3, 0.4) is 0 Å². The van der Waals surface area contributed by atoms with Crippen LogP contribution in [0.2, 0.25) is 0 Å². The number of carbonyl (C=O) groups excluding carboxylic acids is 1. The minimum absolute atomic E-state index is 0.0866. The lowest BCUT2D eigenvalue weighted by molar-refractivity contribution is -0.114. The molecule has 0 spiro atoms. The van der Waals surface area contributed by atoms with Crippen LogP contribution < -0.4 is 10.1 Å². The summed E-state index contributed by atoms with van der Waals surface area (Å²) >= 11 is 1.65. The van der Waals surface area contributed by atoms with Crippen molar-refractivity contribution in [3.8, 4) is 27.4 Å². The summed E-state index contributed by atoms with van der Waals surface area (Å²) in [6.45, 7) is 3.83. The fourth-order valence-corrected chi connectivity index (χ4v) is 4.21. The molecule has 0 fully saturated rings. The van der Waals surface area contributed by atoms with Crippen molar-refractivity contribution in [1.82, 2.24) is 4.98 Å². The summed E-state index contributed by atoms with van der Waals surface area (Å²) in [7, 11) is 0. The molecule has 150 valence electrons. The van der Waals surface area contributed by atoms with Gasteiger partial charge in [-0.1, -0.05) is 60.7 Å². The quantitative estimate of drug-likeness (QED) is 0.401. The van der Waals surface area contributed by atoms with Gasteiger partial charge in [0.25, 0.3) is 0 Å². The molecule has 4 nitrogen and oxygen atoms in total. The van der Waals surface area contributed by atoms with E-state index in [0.717, 1.165) is 43.7 Å². The summed E-state index contributed by atoms with van der Waals surface area (Å²) in [4.78, 5) is 17.3. The maximum Gasteiger partial charge on any atom is 0.221 e. The molecule has 5 heteroatoms. The number of nitrogens with zero attached hydrogens (tertiary/aromatic N) is 1. The molecule has 0 unspecified atom stereocenters. The van der Waals surface area contributed by atoms with Crippen LogP contribution in [0.4, 0.5) is 5.69 Å².